The van der Waals surface area contributed by atoms with Crippen molar-refractivity contribution in [1.82, 2.24) is 63.9 Å². The van der Waals surface area contributed by atoms with Crippen LogP contribution in [-0.2, 0) is 32.1 Å². The van der Waals surface area contributed by atoms with E-state index in [9.17, 15) is 35.9 Å². The van der Waals surface area contributed by atoms with E-state index in [1.807, 2.05) is 16.7 Å². The van der Waals surface area contributed by atoms with Crippen LogP contribution in [0.25, 0.3) is 45.1 Å². The molecule has 74 heavy (non-hydrogen) atoms. The van der Waals surface area contributed by atoms with E-state index in [0.29, 0.717) is 101 Å². The van der Waals surface area contributed by atoms with Crippen LogP contribution in [0, 0.1) is 0 Å². The van der Waals surface area contributed by atoms with Crippen LogP contribution in [-0.4, -0.2) is 186 Å². The van der Waals surface area contributed by atoms with Crippen molar-refractivity contribution in [2.45, 2.75) is 71.7 Å². The molecular formula is C44H53ClF6N18O5. The molecule has 2 amide bonds. The number of fused-ring (bicyclic) bond motifs is 2. The van der Waals surface area contributed by atoms with Crippen LogP contribution in [0.1, 0.15) is 34.6 Å². The molecule has 0 bridgehead atoms. The number of morpholine rings is 2. The van der Waals surface area contributed by atoms with Crippen LogP contribution in [0.4, 0.5) is 60.6 Å². The van der Waals surface area contributed by atoms with Gasteiger partial charge in [0, 0.05) is 97.7 Å². The number of anilines is 5. The number of nitrogens with one attached hydrogen (secondary N) is 1. The van der Waals surface area contributed by atoms with E-state index in [-0.39, 0.29) is 63.1 Å². The fourth-order valence-electron chi connectivity index (χ4n) is 8.27. The standard InChI is InChI=1S/C23H29F3N10O2.C21H24ClF3N8O3/c1-14-12-34(4-5-35(14)15(2)37)22-30-17-19(33-6-8-38-9-7-33)31-18(16-10-28-21(27-3)29-11-16)32-20(17)36(22)13-23(24,25)26;1-20(2,3)36-19(34)31(4)18-26-9-12(10-27-18)14-29-15(32-5-7-35-8-6-32)13-16(30-14)33(17(22)28-13)11-21(23,24)25/h10-11,14H,4-9,12-13H2,1-3H3,(H,27,28,29);9-10H,5-8,11H2,1-4H3/t14-;/m1./s1. The number of carbonyl (C=O) groups is 2. The first-order valence-corrected chi connectivity index (χ1v) is 23.7. The predicted molar refractivity (Wildman–Crippen MR) is 259 cm³/mol. The van der Waals surface area contributed by atoms with Crippen molar-refractivity contribution in [1.29, 1.82) is 0 Å². The highest BCUT2D eigenvalue weighted by atomic mass is 35.5. The summed E-state index contributed by atoms with van der Waals surface area (Å²) in [6.07, 6.45) is -3.91. The van der Waals surface area contributed by atoms with E-state index in [4.69, 9.17) is 35.8 Å². The second-order valence-electron chi connectivity index (χ2n) is 18.3. The maximum Gasteiger partial charge on any atom is 0.416 e. The third-order valence-corrected chi connectivity index (χ3v) is 12.0. The Kier molecular flexibility index (Phi) is 15.4. The molecule has 23 nitrogen and oxygen atoms in total. The monoisotopic (exact) mass is 1060 g/mol. The molecule has 9 rings (SSSR count). The zero-order valence-corrected chi connectivity index (χ0v) is 42.1. The van der Waals surface area contributed by atoms with E-state index in [1.54, 1.807) is 37.6 Å². The van der Waals surface area contributed by atoms with E-state index >= 15 is 0 Å². The first-order chi connectivity index (χ1) is 35.0. The molecule has 0 unspecified atom stereocenters. The van der Waals surface area contributed by atoms with E-state index < -0.39 is 37.1 Å². The molecule has 0 spiro atoms. The van der Waals surface area contributed by atoms with Gasteiger partial charge >= 0.3 is 18.4 Å². The Labute approximate surface area is 424 Å². The molecule has 6 aromatic heterocycles. The van der Waals surface area contributed by atoms with Crippen molar-refractivity contribution in [2.75, 3.05) is 111 Å². The predicted octanol–water partition coefficient (Wildman–Crippen LogP) is 5.49. The Bertz CT molecular complexity index is 2960. The molecule has 0 aliphatic carbocycles. The molecule has 3 saturated heterocycles. The minimum absolute atomic E-state index is 0.0626. The minimum atomic E-state index is -4.54. The van der Waals surface area contributed by atoms with Crippen LogP contribution >= 0.6 is 11.6 Å². The number of ether oxygens (including phenoxy) is 3. The number of alkyl halides is 6. The fraction of sp³-hybridized carbons (Fsp3) is 0.545. The van der Waals surface area contributed by atoms with Crippen LogP contribution in [0.2, 0.25) is 5.28 Å². The maximum absolute atomic E-state index is 13.9. The average molecular weight is 1060 g/mol. The van der Waals surface area contributed by atoms with Gasteiger partial charge in [0.05, 0.1) is 37.6 Å². The zero-order valence-electron chi connectivity index (χ0n) is 41.4. The fourth-order valence-corrected chi connectivity index (χ4v) is 8.50. The van der Waals surface area contributed by atoms with Crippen LogP contribution in [0.5, 0.6) is 0 Å². The number of rotatable bonds is 9. The molecule has 3 aliphatic heterocycles. The van der Waals surface area contributed by atoms with Gasteiger partial charge in [-0.1, -0.05) is 0 Å². The normalized spacial score (nSPS) is 16.9. The number of halogens is 7. The number of imidazole rings is 2. The summed E-state index contributed by atoms with van der Waals surface area (Å²) in [5, 5.41) is 2.48. The first kappa shape index (κ1) is 53.3. The molecule has 0 radical (unpaired) electrons. The molecule has 6 aromatic rings. The molecule has 30 heteroatoms. The molecule has 398 valence electrons. The summed E-state index contributed by atoms with van der Waals surface area (Å²) >= 11 is 6.08. The second kappa shape index (κ2) is 21.5. The molecule has 3 aliphatic rings. The highest BCUT2D eigenvalue weighted by Gasteiger charge is 2.37. The van der Waals surface area contributed by atoms with Crippen LogP contribution in [0.3, 0.4) is 0 Å². The minimum Gasteiger partial charge on any atom is -0.443 e. The zero-order chi connectivity index (χ0) is 53.3. The summed E-state index contributed by atoms with van der Waals surface area (Å²) in [6, 6.07) is -0.191. The Balaban J connectivity index is 0.000000197. The first-order valence-electron chi connectivity index (χ1n) is 23.3. The SMILES string of the molecule is CN(C(=O)OC(C)(C)C)c1ncc(-c2nc(N3CCOCC3)c3nc(Cl)n(CC(F)(F)F)c3n2)cn1.CNc1ncc(-c2nc(N3CCOCC3)c3nc(N4CCN(C(C)=O)[C@H](C)C4)n(CC(F)(F)F)c3n2)cn1. The van der Waals surface area contributed by atoms with Crippen molar-refractivity contribution in [3.05, 3.63) is 30.1 Å². The smallest absolute Gasteiger partial charge is 0.416 e. The van der Waals surface area contributed by atoms with E-state index in [2.05, 4.69) is 45.2 Å². The lowest BCUT2D eigenvalue weighted by Gasteiger charge is -2.40. The number of hydrogen-bond donors (Lipinski definition) is 1. The number of carbonyl (C=O) groups excluding carboxylic acids is 2. The molecule has 1 N–H and O–H groups in total. The summed E-state index contributed by atoms with van der Waals surface area (Å²) in [4.78, 5) is 76.5. The molecular weight excluding hydrogens is 1010 g/mol. The van der Waals surface area contributed by atoms with Gasteiger partial charge in [-0.15, -0.1) is 0 Å². The lowest BCUT2D eigenvalue weighted by Crippen LogP contribution is -2.54. The van der Waals surface area contributed by atoms with E-state index in [0.717, 1.165) is 14.0 Å². The van der Waals surface area contributed by atoms with Gasteiger partial charge in [0.2, 0.25) is 29.0 Å². The molecule has 1 atom stereocenters. The van der Waals surface area contributed by atoms with Gasteiger partial charge in [-0.05, 0) is 39.3 Å². The quantitative estimate of drug-likeness (QED) is 0.139. The maximum atomic E-state index is 13.9. The summed E-state index contributed by atoms with van der Waals surface area (Å²) in [7, 11) is 3.14. The largest absolute Gasteiger partial charge is 0.443 e. The topological polar surface area (TPSA) is 229 Å². The number of amides is 2. The van der Waals surface area contributed by atoms with Crippen LogP contribution in [0.15, 0.2) is 24.8 Å². The van der Waals surface area contributed by atoms with Gasteiger partial charge in [0.25, 0.3) is 0 Å². The van der Waals surface area contributed by atoms with E-state index in [1.165, 1.54) is 38.8 Å². The third kappa shape index (κ3) is 12.3. The van der Waals surface area contributed by atoms with Gasteiger partial charge in [0.1, 0.15) is 18.7 Å². The molecule has 0 saturated carbocycles. The second-order valence-corrected chi connectivity index (χ2v) is 18.7. The summed E-state index contributed by atoms with van der Waals surface area (Å²) in [6.45, 7) is 10.7. The molecule has 9 heterocycles. The molecule has 3 fully saturated rings. The summed E-state index contributed by atoms with van der Waals surface area (Å²) < 4.78 is 99.5. The highest BCUT2D eigenvalue weighted by molar-refractivity contribution is 6.29. The lowest BCUT2D eigenvalue weighted by molar-refractivity contribution is -0.140. The molecule has 0 aromatic carbocycles. The Morgan fingerprint density at radius 2 is 1.20 bits per heavy atom. The van der Waals surface area contributed by atoms with Gasteiger partial charge in [-0.2, -0.15) is 26.3 Å². The lowest BCUT2D eigenvalue weighted by atomic mass is 10.2. The van der Waals surface area contributed by atoms with Gasteiger partial charge in [-0.25, -0.2) is 59.5 Å². The van der Waals surface area contributed by atoms with Crippen molar-refractivity contribution in [3.63, 3.8) is 0 Å². The van der Waals surface area contributed by atoms with Gasteiger partial charge < -0.3 is 39.1 Å². The van der Waals surface area contributed by atoms with Gasteiger partial charge in [0.15, 0.2) is 45.6 Å². The Morgan fingerprint density at radius 3 is 1.68 bits per heavy atom. The Hall–Kier alpha value is -7.01. The average Bonchev–Trinajstić information content (AvgIpc) is 3.87. The van der Waals surface area contributed by atoms with Crippen LogP contribution < -0.4 is 24.9 Å². The summed E-state index contributed by atoms with van der Waals surface area (Å²) in [5.74, 6) is 1.58. The summed E-state index contributed by atoms with van der Waals surface area (Å²) in [5.41, 5.74) is 0.516. The Morgan fingerprint density at radius 1 is 0.716 bits per heavy atom. The highest BCUT2D eigenvalue weighted by Crippen LogP contribution is 2.35. The van der Waals surface area contributed by atoms with Gasteiger partial charge in [-0.3, -0.25) is 13.9 Å². The number of nitrogens with zero attached hydrogens (tertiary/aromatic N) is 17. The number of piperazine rings is 1. The van der Waals surface area contributed by atoms with Crippen molar-refractivity contribution >= 4 is 75.4 Å². The van der Waals surface area contributed by atoms with Crippen molar-refractivity contribution in [3.8, 4) is 22.8 Å². The van der Waals surface area contributed by atoms with Crippen molar-refractivity contribution in [2.24, 2.45) is 0 Å². The van der Waals surface area contributed by atoms with Crippen molar-refractivity contribution < 1.29 is 50.1 Å². The third-order valence-electron chi connectivity index (χ3n) is 11.7. The number of hydrogen-bond acceptors (Lipinski definition) is 19. The number of aromatic nitrogens is 12.